The van der Waals surface area contributed by atoms with Crippen molar-refractivity contribution in [3.63, 3.8) is 0 Å². The first-order chi connectivity index (χ1) is 12.4. The zero-order valence-electron chi connectivity index (χ0n) is 14.5. The first kappa shape index (κ1) is 20.2. The Morgan fingerprint density at radius 1 is 1.23 bits per heavy atom. The van der Waals surface area contributed by atoms with Gasteiger partial charge in [0.1, 0.15) is 0 Å². The van der Waals surface area contributed by atoms with Crippen molar-refractivity contribution in [1.82, 2.24) is 9.62 Å². The van der Waals surface area contributed by atoms with Crippen LogP contribution >= 0.6 is 11.6 Å². The van der Waals surface area contributed by atoms with Crippen molar-refractivity contribution in [2.45, 2.75) is 18.4 Å². The molecular weight excluding hydrogens is 372 g/mol. The lowest BCUT2D eigenvalue weighted by atomic mass is 10.2. The lowest BCUT2D eigenvalue weighted by Gasteiger charge is -2.21. The molecule has 7 heteroatoms. The van der Waals surface area contributed by atoms with E-state index in [-0.39, 0.29) is 29.5 Å². The maximum absolute atomic E-state index is 13.0. The summed E-state index contributed by atoms with van der Waals surface area (Å²) in [6, 6.07) is 13.1. The highest BCUT2D eigenvalue weighted by Gasteiger charge is 2.24. The molecule has 0 spiro atoms. The number of halogens is 1. The molecule has 0 saturated carbocycles. The summed E-state index contributed by atoms with van der Waals surface area (Å²) >= 11 is 6.15. The lowest BCUT2D eigenvalue weighted by Crippen LogP contribution is -2.31. The molecule has 0 aliphatic carbocycles. The van der Waals surface area contributed by atoms with Gasteiger partial charge < -0.3 is 5.32 Å². The van der Waals surface area contributed by atoms with Crippen LogP contribution in [-0.2, 0) is 16.6 Å². The first-order valence-electron chi connectivity index (χ1n) is 8.13. The summed E-state index contributed by atoms with van der Waals surface area (Å²) in [5.41, 5.74) is 1.00. The maximum atomic E-state index is 13.0. The summed E-state index contributed by atoms with van der Waals surface area (Å²) in [5, 5.41) is 3.15. The van der Waals surface area contributed by atoms with Gasteiger partial charge in [0, 0.05) is 30.2 Å². The molecule has 0 aliphatic heterocycles. The van der Waals surface area contributed by atoms with E-state index in [4.69, 9.17) is 11.6 Å². The van der Waals surface area contributed by atoms with Gasteiger partial charge >= 0.3 is 0 Å². The van der Waals surface area contributed by atoms with Crippen LogP contribution in [0.4, 0.5) is 0 Å². The number of rotatable bonds is 8. The number of amides is 1. The van der Waals surface area contributed by atoms with Crippen LogP contribution < -0.4 is 5.32 Å². The number of carbonyl (C=O) groups is 1. The highest BCUT2D eigenvalue weighted by atomic mass is 35.5. The Balaban J connectivity index is 2.31. The average molecular weight is 393 g/mol. The molecule has 138 valence electrons. The summed E-state index contributed by atoms with van der Waals surface area (Å²) in [6.45, 7) is 6.04. The molecule has 2 aromatic rings. The summed E-state index contributed by atoms with van der Waals surface area (Å²) in [7, 11) is -3.77. The van der Waals surface area contributed by atoms with E-state index in [9.17, 15) is 13.2 Å². The van der Waals surface area contributed by atoms with Gasteiger partial charge in [0.2, 0.25) is 10.0 Å². The molecule has 5 nitrogen and oxygen atoms in total. The van der Waals surface area contributed by atoms with Crippen molar-refractivity contribution < 1.29 is 13.2 Å². The summed E-state index contributed by atoms with van der Waals surface area (Å²) in [4.78, 5) is 12.1. The molecule has 0 radical (unpaired) electrons. The molecular formula is C19H21ClN2O3S. The highest BCUT2D eigenvalue weighted by Crippen LogP contribution is 2.22. The number of carbonyl (C=O) groups excluding carboxylic acids is 1. The number of sulfonamides is 1. The number of nitrogens with one attached hydrogen (secondary N) is 1. The molecule has 2 aromatic carbocycles. The SMILES string of the molecule is C=CCNC(=O)c1cccc(S(=O)(=O)N(CC)Cc2ccccc2Cl)c1. The van der Waals surface area contributed by atoms with Crippen LogP contribution in [0, 0.1) is 0 Å². The fraction of sp³-hybridized carbons (Fsp3) is 0.211. The van der Waals surface area contributed by atoms with E-state index in [1.54, 1.807) is 43.3 Å². The molecule has 0 saturated heterocycles. The summed E-state index contributed by atoms with van der Waals surface area (Å²) in [5.74, 6) is -0.351. The Hall–Kier alpha value is -2.15. The quantitative estimate of drug-likeness (QED) is 0.699. The maximum Gasteiger partial charge on any atom is 0.251 e. The van der Waals surface area contributed by atoms with Crippen LogP contribution in [0.25, 0.3) is 0 Å². The molecule has 1 amide bonds. The van der Waals surface area contributed by atoms with E-state index in [1.807, 2.05) is 6.07 Å². The van der Waals surface area contributed by atoms with E-state index in [0.29, 0.717) is 11.6 Å². The Morgan fingerprint density at radius 3 is 2.62 bits per heavy atom. The molecule has 0 fully saturated rings. The van der Waals surface area contributed by atoms with Crippen LogP contribution in [0.5, 0.6) is 0 Å². The van der Waals surface area contributed by atoms with Gasteiger partial charge in [-0.25, -0.2) is 8.42 Å². The van der Waals surface area contributed by atoms with Crippen LogP contribution in [0.15, 0.2) is 66.1 Å². The number of benzene rings is 2. The molecule has 0 aromatic heterocycles. The predicted molar refractivity (Wildman–Crippen MR) is 104 cm³/mol. The van der Waals surface area contributed by atoms with Crippen LogP contribution in [0.1, 0.15) is 22.8 Å². The van der Waals surface area contributed by atoms with E-state index >= 15 is 0 Å². The third-order valence-corrected chi connectivity index (χ3v) is 6.08. The average Bonchev–Trinajstić information content (AvgIpc) is 2.65. The second-order valence-corrected chi connectivity index (χ2v) is 7.89. The molecule has 0 atom stereocenters. The third kappa shape index (κ3) is 4.72. The minimum absolute atomic E-state index is 0.0673. The molecule has 26 heavy (non-hydrogen) atoms. The second kappa shape index (κ2) is 8.98. The van der Waals surface area contributed by atoms with Gasteiger partial charge in [-0.2, -0.15) is 4.31 Å². The lowest BCUT2D eigenvalue weighted by molar-refractivity contribution is 0.0958. The van der Waals surface area contributed by atoms with Crippen LogP contribution in [-0.4, -0.2) is 31.7 Å². The zero-order chi connectivity index (χ0) is 19.2. The Bertz CT molecular complexity index is 897. The van der Waals surface area contributed by atoms with Gasteiger partial charge in [-0.1, -0.05) is 48.9 Å². The van der Waals surface area contributed by atoms with Crippen LogP contribution in [0.3, 0.4) is 0 Å². The molecule has 0 unspecified atom stereocenters. The molecule has 1 N–H and O–H groups in total. The van der Waals surface area contributed by atoms with Crippen LogP contribution in [0.2, 0.25) is 5.02 Å². The molecule has 2 rings (SSSR count). The van der Waals surface area contributed by atoms with Crippen molar-refractivity contribution >= 4 is 27.5 Å². The third-order valence-electron chi connectivity index (χ3n) is 3.80. The fourth-order valence-electron chi connectivity index (χ4n) is 2.40. The van der Waals surface area contributed by atoms with Gasteiger partial charge in [-0.15, -0.1) is 6.58 Å². The summed E-state index contributed by atoms with van der Waals surface area (Å²) in [6.07, 6.45) is 1.56. The number of hydrogen-bond donors (Lipinski definition) is 1. The van der Waals surface area contributed by atoms with E-state index < -0.39 is 10.0 Å². The number of hydrogen-bond acceptors (Lipinski definition) is 3. The Morgan fingerprint density at radius 2 is 1.96 bits per heavy atom. The Kier molecular flexibility index (Phi) is 6.97. The van der Waals surface area contributed by atoms with Gasteiger partial charge in [-0.3, -0.25) is 4.79 Å². The number of nitrogens with zero attached hydrogens (tertiary/aromatic N) is 1. The van der Waals surface area contributed by atoms with Crippen molar-refractivity contribution in [1.29, 1.82) is 0 Å². The van der Waals surface area contributed by atoms with Crippen molar-refractivity contribution in [3.8, 4) is 0 Å². The first-order valence-corrected chi connectivity index (χ1v) is 9.94. The van der Waals surface area contributed by atoms with E-state index in [0.717, 1.165) is 5.56 Å². The van der Waals surface area contributed by atoms with Crippen molar-refractivity contribution in [3.05, 3.63) is 77.3 Å². The van der Waals surface area contributed by atoms with Crippen molar-refractivity contribution in [2.75, 3.05) is 13.1 Å². The van der Waals surface area contributed by atoms with Crippen molar-refractivity contribution in [2.24, 2.45) is 0 Å². The second-order valence-electron chi connectivity index (χ2n) is 5.55. The standard InChI is InChI=1S/C19H21ClN2O3S/c1-3-12-21-19(23)15-9-7-10-17(13-15)26(24,25)22(4-2)14-16-8-5-6-11-18(16)20/h3,5-11,13H,1,4,12,14H2,2H3,(H,21,23). The van der Waals surface area contributed by atoms with E-state index in [2.05, 4.69) is 11.9 Å². The predicted octanol–water partition coefficient (Wildman–Crippen LogP) is 3.47. The normalized spacial score (nSPS) is 11.3. The minimum atomic E-state index is -3.77. The molecule has 0 aliphatic rings. The van der Waals surface area contributed by atoms with Gasteiger partial charge in [0.15, 0.2) is 0 Å². The smallest absolute Gasteiger partial charge is 0.251 e. The minimum Gasteiger partial charge on any atom is -0.349 e. The molecule has 0 heterocycles. The topological polar surface area (TPSA) is 66.5 Å². The highest BCUT2D eigenvalue weighted by molar-refractivity contribution is 7.89. The largest absolute Gasteiger partial charge is 0.349 e. The summed E-state index contributed by atoms with van der Waals surface area (Å²) < 4.78 is 27.3. The zero-order valence-corrected chi connectivity index (χ0v) is 16.1. The van der Waals surface area contributed by atoms with E-state index in [1.165, 1.54) is 16.4 Å². The van der Waals surface area contributed by atoms with Gasteiger partial charge in [0.05, 0.1) is 4.90 Å². The Labute approximate surface area is 159 Å². The van der Waals surface area contributed by atoms with Gasteiger partial charge in [-0.05, 0) is 29.8 Å². The fourth-order valence-corrected chi connectivity index (χ4v) is 4.07. The van der Waals surface area contributed by atoms with Gasteiger partial charge in [0.25, 0.3) is 5.91 Å². The molecule has 0 bridgehead atoms. The monoisotopic (exact) mass is 392 g/mol.